The van der Waals surface area contributed by atoms with Gasteiger partial charge in [-0.05, 0) is 31.2 Å². The summed E-state index contributed by atoms with van der Waals surface area (Å²) >= 11 is 1.86. The molecule has 14 heteroatoms. The van der Waals surface area contributed by atoms with Gasteiger partial charge in [-0.2, -0.15) is 11.8 Å². The van der Waals surface area contributed by atoms with Gasteiger partial charge in [-0.3, -0.25) is 19.3 Å². The molecule has 286 valence electrons. The molecule has 2 saturated heterocycles. The van der Waals surface area contributed by atoms with Gasteiger partial charge in [0, 0.05) is 77.2 Å². The number of unbranched alkanes of at least 4 members (excludes halogenated alkanes) is 1. The molecule has 2 aliphatic rings. The third kappa shape index (κ3) is 15.2. The number of benzene rings is 2. The molecule has 0 unspecified atom stereocenters. The van der Waals surface area contributed by atoms with Crippen molar-refractivity contribution in [2.45, 2.75) is 62.4 Å². The Labute approximate surface area is 327 Å². The zero-order valence-electron chi connectivity index (χ0n) is 40.3. The van der Waals surface area contributed by atoms with Crippen molar-refractivity contribution in [3.8, 4) is 0 Å². The molecular weight excluding hydrogens is 685 g/mol. The number of nitrogens with two attached hydrogens (primary N) is 1. The van der Waals surface area contributed by atoms with Gasteiger partial charge in [-0.15, -0.1) is 0 Å². The minimum atomic E-state index is -2.82. The van der Waals surface area contributed by atoms with E-state index in [1.165, 1.54) is 0 Å². The predicted octanol–water partition coefficient (Wildman–Crippen LogP) is 2.47. The molecule has 2 fully saturated rings. The summed E-state index contributed by atoms with van der Waals surface area (Å²) in [7, 11) is 0. The van der Waals surface area contributed by atoms with Crippen molar-refractivity contribution in [2.75, 3.05) is 78.1 Å². The number of carbonyl (C=O) groups is 4. The van der Waals surface area contributed by atoms with Crippen LogP contribution in [0, 0.1) is 0 Å². The Kier molecular flexibility index (Phi) is 12.9. The van der Waals surface area contributed by atoms with Crippen LogP contribution in [0.15, 0.2) is 54.4 Å². The lowest BCUT2D eigenvalue weighted by molar-refractivity contribution is -0.122. The van der Waals surface area contributed by atoms with Crippen LogP contribution in [0.1, 0.15) is 75.1 Å². The average Bonchev–Trinajstić information content (AvgIpc) is 3.80. The van der Waals surface area contributed by atoms with Crippen LogP contribution < -0.4 is 27.0 Å². The molecule has 0 radical (unpaired) electrons. The first-order valence-corrected chi connectivity index (χ1v) is 18.6. The topological polar surface area (TPSA) is 173 Å². The van der Waals surface area contributed by atoms with E-state index < -0.39 is 95.8 Å². The van der Waals surface area contributed by atoms with Crippen molar-refractivity contribution in [3.63, 3.8) is 0 Å². The van der Waals surface area contributed by atoms with Gasteiger partial charge in [0.25, 0.3) is 0 Å². The van der Waals surface area contributed by atoms with Gasteiger partial charge in [-0.1, -0.05) is 60.8 Å². The maximum absolute atomic E-state index is 13.5. The number of ketones is 1. The van der Waals surface area contributed by atoms with Crippen molar-refractivity contribution in [2.24, 2.45) is 5.73 Å². The van der Waals surface area contributed by atoms with E-state index >= 15 is 0 Å². The Bertz CT molecular complexity index is 1900. The van der Waals surface area contributed by atoms with Crippen LogP contribution in [0.5, 0.6) is 0 Å². The second kappa shape index (κ2) is 23.9. The average molecular weight is 752 g/mol. The minimum Gasteiger partial charge on any atom is -0.379 e. The first-order valence-electron chi connectivity index (χ1n) is 23.1. The van der Waals surface area contributed by atoms with Crippen LogP contribution >= 0.6 is 11.8 Å². The van der Waals surface area contributed by atoms with Crippen molar-refractivity contribution in [3.05, 3.63) is 71.1 Å². The number of urea groups is 1. The molecule has 0 aliphatic carbocycles. The zero-order chi connectivity index (χ0) is 46.4. The molecule has 0 aromatic heterocycles. The van der Waals surface area contributed by atoms with E-state index in [4.69, 9.17) is 35.0 Å². The maximum Gasteiger partial charge on any atom is 0.315 e. The summed E-state index contributed by atoms with van der Waals surface area (Å²) in [5.74, 6) is -1.08. The standard InChI is InChI=1S/C38H56N6O7S/c39-16-18-41-35(46)27-44(26-29-12-14-31(15-13-29)37(47)30-8-2-1-3-9-30)19-7-21-50-23-25-51-24-22-49-20-6-17-40-34(45)11-5-4-10-33-36-32(28-52-33)42-38(48)43-36/h1-3,8-9,12-15,32-33,36H,4-7,10-11,16-28,39H2,(H,40,45)(H,41,46)(H2,42,43,48)/t32-,33-,36-/m0/s1/i1D,2D,3D,8D,9D,12D,13D,14D,15D,26D2. The molecule has 6 N–H and O–H groups in total. The molecule has 2 aromatic rings. The van der Waals surface area contributed by atoms with Crippen molar-refractivity contribution < 1.29 is 48.5 Å². The maximum atomic E-state index is 13.5. The summed E-state index contributed by atoms with van der Waals surface area (Å²) in [6.07, 6.45) is 3.92. The largest absolute Gasteiger partial charge is 0.379 e. The van der Waals surface area contributed by atoms with Gasteiger partial charge in [-0.25, -0.2) is 4.79 Å². The fraction of sp³-hybridized carbons (Fsp3) is 0.579. The van der Waals surface area contributed by atoms with Gasteiger partial charge >= 0.3 is 6.03 Å². The van der Waals surface area contributed by atoms with Gasteiger partial charge < -0.3 is 41.2 Å². The second-order valence-corrected chi connectivity index (χ2v) is 13.3. The number of ether oxygens (including phenoxy) is 3. The highest BCUT2D eigenvalue weighted by molar-refractivity contribution is 8.00. The van der Waals surface area contributed by atoms with E-state index in [0.717, 1.165) is 29.9 Å². The van der Waals surface area contributed by atoms with Gasteiger partial charge in [0.05, 0.1) is 57.4 Å². The quantitative estimate of drug-likeness (QED) is 0.0519. The number of hydrogen-bond donors (Lipinski definition) is 5. The van der Waals surface area contributed by atoms with Crippen LogP contribution in [-0.2, 0) is 30.3 Å². The van der Waals surface area contributed by atoms with Crippen LogP contribution in [0.25, 0.3) is 0 Å². The van der Waals surface area contributed by atoms with E-state index in [2.05, 4.69) is 21.3 Å². The first-order chi connectivity index (χ1) is 29.9. The minimum absolute atomic E-state index is 0.000898. The molecule has 2 aliphatic heterocycles. The lowest BCUT2D eigenvalue weighted by Crippen LogP contribution is -2.39. The Morgan fingerprint density at radius 2 is 1.52 bits per heavy atom. The Morgan fingerprint density at radius 1 is 0.846 bits per heavy atom. The van der Waals surface area contributed by atoms with Gasteiger partial charge in [0.2, 0.25) is 11.8 Å². The number of hydrogen-bond acceptors (Lipinski definition) is 10. The number of nitrogens with one attached hydrogen (secondary N) is 4. The van der Waals surface area contributed by atoms with Gasteiger partial charge in [0.15, 0.2) is 5.78 Å². The highest BCUT2D eigenvalue weighted by Gasteiger charge is 2.42. The molecule has 0 saturated carbocycles. The summed E-state index contributed by atoms with van der Waals surface area (Å²) in [5, 5.41) is 11.7. The van der Waals surface area contributed by atoms with Crippen LogP contribution in [0.4, 0.5) is 4.79 Å². The lowest BCUT2D eigenvalue weighted by atomic mass is 10.0. The zero-order valence-corrected chi connectivity index (χ0v) is 30.1. The molecule has 4 amide bonds. The fourth-order valence-electron chi connectivity index (χ4n) is 5.41. The number of rotatable bonds is 27. The predicted molar refractivity (Wildman–Crippen MR) is 202 cm³/mol. The first kappa shape index (κ1) is 28.0. The summed E-state index contributed by atoms with van der Waals surface area (Å²) in [5.41, 5.74) is 2.95. The highest BCUT2D eigenvalue weighted by Crippen LogP contribution is 2.33. The number of fused-ring (bicyclic) bond motifs is 1. The van der Waals surface area contributed by atoms with Crippen molar-refractivity contribution >= 4 is 35.4 Å². The monoisotopic (exact) mass is 751 g/mol. The number of amides is 4. The molecule has 2 aromatic carbocycles. The third-order valence-corrected chi connectivity index (χ3v) is 9.49. The molecule has 0 spiro atoms. The van der Waals surface area contributed by atoms with E-state index in [1.807, 2.05) is 11.8 Å². The second-order valence-electron chi connectivity index (χ2n) is 12.0. The Morgan fingerprint density at radius 3 is 2.25 bits per heavy atom. The number of carbonyl (C=O) groups excluding carboxylic acids is 4. The number of nitrogens with zero attached hydrogens (tertiary/aromatic N) is 1. The molecule has 0 bridgehead atoms. The lowest BCUT2D eigenvalue weighted by Gasteiger charge is -2.22. The van der Waals surface area contributed by atoms with E-state index in [1.54, 1.807) is 0 Å². The third-order valence-electron chi connectivity index (χ3n) is 7.98. The van der Waals surface area contributed by atoms with Crippen LogP contribution in [-0.4, -0.2) is 124 Å². The molecule has 4 rings (SSSR count). The SMILES string of the molecule is [2H]c1c([2H])c([2H])c(C(=O)c2c([2H])c([2H])c(C([2H])([2H])N(CCCOCCOCCOCCCNC(=O)CCCC[C@@H]3SC[C@@H]4NC(=O)N[C@@H]43)CC(=O)NCCN)c([2H])c2[2H])c([2H])c1[2H]. The van der Waals surface area contributed by atoms with Crippen LogP contribution in [0.3, 0.4) is 0 Å². The van der Waals surface area contributed by atoms with Crippen molar-refractivity contribution in [1.29, 1.82) is 0 Å². The normalized spacial score (nSPS) is 21.1. The van der Waals surface area contributed by atoms with Crippen LogP contribution in [0.2, 0.25) is 0 Å². The summed E-state index contributed by atoms with van der Waals surface area (Å²) in [4.78, 5) is 51.0. The van der Waals surface area contributed by atoms with Crippen molar-refractivity contribution in [1.82, 2.24) is 26.2 Å². The van der Waals surface area contributed by atoms with E-state index in [9.17, 15) is 19.2 Å². The smallest absolute Gasteiger partial charge is 0.315 e. The highest BCUT2D eigenvalue weighted by atomic mass is 32.2. The molecule has 3 atom stereocenters. The molecular formula is C38H56N6O7S. The van der Waals surface area contributed by atoms with E-state index in [0.29, 0.717) is 44.5 Å². The fourth-order valence-corrected chi connectivity index (χ4v) is 6.95. The van der Waals surface area contributed by atoms with Gasteiger partial charge in [0.1, 0.15) is 0 Å². The summed E-state index contributed by atoms with van der Waals surface area (Å²) < 4.78 is 109. The summed E-state index contributed by atoms with van der Waals surface area (Å²) in [6, 6.07) is -7.88. The summed E-state index contributed by atoms with van der Waals surface area (Å²) in [6.45, 7) is -1.27. The van der Waals surface area contributed by atoms with E-state index in [-0.39, 0.29) is 69.9 Å². The Balaban J connectivity index is 1.18. The molecule has 13 nitrogen and oxygen atoms in total. The molecule has 2 heterocycles. The molecule has 52 heavy (non-hydrogen) atoms. The Hall–Kier alpha value is -3.53. The number of thioether (sulfide) groups is 1.